The van der Waals surface area contributed by atoms with Gasteiger partial charge in [-0.15, -0.1) is 10.2 Å². The first-order valence-electron chi connectivity index (χ1n) is 13.9. The normalized spacial score (nSPS) is 23.8. The van der Waals surface area contributed by atoms with Crippen molar-refractivity contribution in [1.82, 2.24) is 20.1 Å². The lowest BCUT2D eigenvalue weighted by molar-refractivity contribution is -0.211. The van der Waals surface area contributed by atoms with Gasteiger partial charge in [0, 0.05) is 38.8 Å². The molecular weight excluding hydrogens is 604 g/mol. The molecule has 4 rings (SSSR count). The molecule has 0 spiro atoms. The van der Waals surface area contributed by atoms with Crippen LogP contribution in [0.3, 0.4) is 0 Å². The van der Waals surface area contributed by atoms with Gasteiger partial charge in [0.2, 0.25) is 5.91 Å². The van der Waals surface area contributed by atoms with Crippen LogP contribution in [0, 0.1) is 0 Å². The molecule has 2 fully saturated rings. The summed E-state index contributed by atoms with van der Waals surface area (Å²) in [6, 6.07) is 6.14. The quantitative estimate of drug-likeness (QED) is 0.283. The average Bonchev–Trinajstić information content (AvgIpc) is 3.59. The highest BCUT2D eigenvalue weighted by Gasteiger charge is 2.51. The van der Waals surface area contributed by atoms with Crippen molar-refractivity contribution in [3.05, 3.63) is 35.1 Å². The number of hydrogen-bond acceptors (Lipinski definition) is 12. The smallest absolute Gasteiger partial charge is 0.303 e. The molecule has 1 N–H and O–H groups in total. The van der Waals surface area contributed by atoms with Gasteiger partial charge < -0.3 is 29.0 Å². The lowest BCUT2D eigenvalue weighted by Crippen LogP contribution is -2.65. The zero-order valence-electron chi connectivity index (χ0n) is 24.3. The predicted molar refractivity (Wildman–Crippen MR) is 153 cm³/mol. The first kappa shape index (κ1) is 32.6. The van der Waals surface area contributed by atoms with Crippen molar-refractivity contribution in [3.8, 4) is 5.75 Å². The maximum absolute atomic E-state index is 12.3. The fraction of sp³-hybridized carbons (Fsp3) is 0.571. The molecule has 2 aromatic rings. The summed E-state index contributed by atoms with van der Waals surface area (Å²) in [5.74, 6) is -1.11. The third-order valence-electron chi connectivity index (χ3n) is 6.90. The van der Waals surface area contributed by atoms with Crippen molar-refractivity contribution < 1.29 is 42.9 Å². The summed E-state index contributed by atoms with van der Waals surface area (Å²) in [4.78, 5) is 48.2. The van der Waals surface area contributed by atoms with Gasteiger partial charge in [-0.05, 0) is 37.1 Å². The molecule has 234 valence electrons. The number of nitrogens with one attached hydrogen (secondary N) is 1. The largest absolute Gasteiger partial charge is 0.486 e. The lowest BCUT2D eigenvalue weighted by atomic mass is 9.97. The van der Waals surface area contributed by atoms with Crippen molar-refractivity contribution in [1.29, 1.82) is 0 Å². The van der Waals surface area contributed by atoms with Crippen molar-refractivity contribution in [2.45, 2.75) is 101 Å². The lowest BCUT2D eigenvalue weighted by Gasteiger charge is -2.44. The maximum atomic E-state index is 12.3. The highest BCUT2D eigenvalue weighted by atomic mass is 35.5. The number of ether oxygens (including phenoxy) is 5. The van der Waals surface area contributed by atoms with Gasteiger partial charge in [0.15, 0.2) is 23.2 Å². The molecule has 5 atom stereocenters. The topological polar surface area (TPSA) is 157 Å². The van der Waals surface area contributed by atoms with Crippen LogP contribution in [0.15, 0.2) is 29.4 Å². The van der Waals surface area contributed by atoms with Crippen molar-refractivity contribution in [2.75, 3.05) is 6.61 Å². The second kappa shape index (κ2) is 14.9. The van der Waals surface area contributed by atoms with E-state index in [4.69, 9.17) is 35.3 Å². The van der Waals surface area contributed by atoms with E-state index in [9.17, 15) is 19.2 Å². The van der Waals surface area contributed by atoms with E-state index < -0.39 is 53.6 Å². The number of rotatable bonds is 11. The minimum Gasteiger partial charge on any atom is -0.486 e. The van der Waals surface area contributed by atoms with Gasteiger partial charge in [0.05, 0.1) is 0 Å². The SMILES string of the molecule is CC(=O)N[C@H]1[C@@H](OC(C)=O)[C@H](OC(C)=O)[C@@H](COC(C)=O)O[C@H]1Sc1nnc(COc2ccc(Cl)cc2)n1C1CCCC1. The fourth-order valence-corrected chi connectivity index (χ4v) is 6.55. The molecule has 0 unspecified atom stereocenters. The van der Waals surface area contributed by atoms with Crippen LogP contribution in [0.25, 0.3) is 0 Å². The molecule has 1 saturated carbocycles. The van der Waals surface area contributed by atoms with Gasteiger partial charge in [0.25, 0.3) is 0 Å². The van der Waals surface area contributed by atoms with E-state index in [2.05, 4.69) is 15.5 Å². The van der Waals surface area contributed by atoms with E-state index in [0.717, 1.165) is 25.7 Å². The molecule has 0 radical (unpaired) electrons. The molecule has 1 saturated heterocycles. The Morgan fingerprint density at radius 2 is 1.63 bits per heavy atom. The molecule has 1 aromatic heterocycles. The van der Waals surface area contributed by atoms with E-state index >= 15 is 0 Å². The van der Waals surface area contributed by atoms with Gasteiger partial charge in [-0.1, -0.05) is 36.2 Å². The number of esters is 3. The second-order valence-electron chi connectivity index (χ2n) is 10.3. The summed E-state index contributed by atoms with van der Waals surface area (Å²) in [7, 11) is 0. The number of aromatic nitrogens is 3. The summed E-state index contributed by atoms with van der Waals surface area (Å²) < 4.78 is 30.6. The second-order valence-corrected chi connectivity index (χ2v) is 11.8. The Labute approximate surface area is 258 Å². The Morgan fingerprint density at radius 1 is 0.977 bits per heavy atom. The molecular formula is C28H35ClN4O9S. The van der Waals surface area contributed by atoms with E-state index in [-0.39, 0.29) is 19.3 Å². The molecule has 1 aliphatic carbocycles. The zero-order chi connectivity index (χ0) is 31.1. The Balaban J connectivity index is 1.68. The molecule has 2 aliphatic rings. The Kier molecular flexibility index (Phi) is 11.3. The molecule has 2 heterocycles. The molecule has 1 amide bonds. The number of thioether (sulfide) groups is 1. The van der Waals surface area contributed by atoms with Crippen LogP contribution in [0.2, 0.25) is 5.02 Å². The molecule has 1 aliphatic heterocycles. The van der Waals surface area contributed by atoms with Crippen molar-refractivity contribution in [2.24, 2.45) is 0 Å². The van der Waals surface area contributed by atoms with E-state index in [0.29, 0.717) is 21.8 Å². The van der Waals surface area contributed by atoms with Crippen LogP contribution in [0.4, 0.5) is 0 Å². The van der Waals surface area contributed by atoms with Crippen molar-refractivity contribution >= 4 is 47.2 Å². The van der Waals surface area contributed by atoms with Crippen LogP contribution in [0.5, 0.6) is 5.75 Å². The monoisotopic (exact) mass is 638 g/mol. The number of hydrogen-bond donors (Lipinski definition) is 1. The first-order valence-corrected chi connectivity index (χ1v) is 15.2. The van der Waals surface area contributed by atoms with Crippen LogP contribution in [0.1, 0.15) is 65.2 Å². The third kappa shape index (κ3) is 8.83. The minimum absolute atomic E-state index is 0.110. The van der Waals surface area contributed by atoms with E-state index in [1.807, 2.05) is 4.57 Å². The predicted octanol–water partition coefficient (Wildman–Crippen LogP) is 3.37. The molecule has 0 bridgehead atoms. The summed E-state index contributed by atoms with van der Waals surface area (Å²) in [6.07, 6.45) is 0.567. The number of carbonyl (C=O) groups is 4. The molecule has 15 heteroatoms. The number of halogens is 1. The Morgan fingerprint density at radius 3 is 2.23 bits per heavy atom. The van der Waals surface area contributed by atoms with Crippen LogP contribution in [-0.2, 0) is 44.7 Å². The standard InChI is InChI=1S/C28H35ClN4O9S/c1-15(34)30-24-26(41-18(4)37)25(40-17(3)36)22(13-38-16(2)35)42-27(24)43-28-32-31-23(33(28)20-7-5-6-8-20)14-39-21-11-9-19(29)10-12-21/h9-12,20,22,24-27H,5-8,13-14H2,1-4H3,(H,30,34)/t22-,24+,25-,26-,27+/m1/s1. The average molecular weight is 639 g/mol. The minimum atomic E-state index is -1.18. The summed E-state index contributed by atoms with van der Waals surface area (Å²) in [6.45, 7) is 4.80. The van der Waals surface area contributed by atoms with E-state index in [1.165, 1.54) is 39.5 Å². The van der Waals surface area contributed by atoms with Crippen LogP contribution in [-0.4, -0.2) is 75.0 Å². The Hall–Kier alpha value is -3.36. The number of benzene rings is 1. The van der Waals surface area contributed by atoms with Gasteiger partial charge in [-0.3, -0.25) is 23.7 Å². The first-order chi connectivity index (χ1) is 20.5. The zero-order valence-corrected chi connectivity index (χ0v) is 25.9. The Bertz CT molecular complexity index is 1300. The number of nitrogens with zero attached hydrogens (tertiary/aromatic N) is 3. The summed E-state index contributed by atoms with van der Waals surface area (Å²) >= 11 is 7.17. The fourth-order valence-electron chi connectivity index (χ4n) is 5.19. The van der Waals surface area contributed by atoms with Gasteiger partial charge in [0.1, 0.15) is 36.5 Å². The summed E-state index contributed by atoms with van der Waals surface area (Å²) in [5, 5.41) is 12.8. The van der Waals surface area contributed by atoms with E-state index in [1.54, 1.807) is 24.3 Å². The molecule has 13 nitrogen and oxygen atoms in total. The van der Waals surface area contributed by atoms with Gasteiger partial charge in [-0.2, -0.15) is 0 Å². The van der Waals surface area contributed by atoms with Gasteiger partial charge in [-0.25, -0.2) is 0 Å². The summed E-state index contributed by atoms with van der Waals surface area (Å²) in [5.41, 5.74) is -0.907. The highest BCUT2D eigenvalue weighted by molar-refractivity contribution is 7.99. The van der Waals surface area contributed by atoms with Gasteiger partial charge >= 0.3 is 17.9 Å². The number of amides is 1. The molecule has 1 aromatic carbocycles. The maximum Gasteiger partial charge on any atom is 0.303 e. The highest BCUT2D eigenvalue weighted by Crippen LogP contribution is 2.39. The number of carbonyl (C=O) groups excluding carboxylic acids is 4. The van der Waals surface area contributed by atoms with Crippen LogP contribution < -0.4 is 10.1 Å². The third-order valence-corrected chi connectivity index (χ3v) is 8.28. The van der Waals surface area contributed by atoms with Crippen LogP contribution >= 0.6 is 23.4 Å². The molecule has 43 heavy (non-hydrogen) atoms. The van der Waals surface area contributed by atoms with Crippen molar-refractivity contribution in [3.63, 3.8) is 0 Å².